The molecule has 1 aromatic heterocycles. The Kier molecular flexibility index (Phi) is 2.54. The Morgan fingerprint density at radius 2 is 1.93 bits per heavy atom. The zero-order valence-corrected chi connectivity index (χ0v) is 8.47. The normalized spacial score (nSPS) is 9.93. The highest BCUT2D eigenvalue weighted by Gasteiger charge is 2.03. The maximum atomic E-state index is 5.80. The van der Waals surface area contributed by atoms with E-state index in [0.717, 1.165) is 11.3 Å². The van der Waals surface area contributed by atoms with Crippen molar-refractivity contribution >= 4 is 5.69 Å². The molecule has 0 aliphatic carbocycles. The monoisotopic (exact) mass is 200 g/mol. The summed E-state index contributed by atoms with van der Waals surface area (Å²) >= 11 is 0. The minimum absolute atomic E-state index is 0.603. The molecular formula is C12H12N2O. The molecular weight excluding hydrogens is 188 g/mol. The Hall–Kier alpha value is -2.03. The van der Waals surface area contributed by atoms with Crippen molar-refractivity contribution in [2.75, 3.05) is 12.8 Å². The largest absolute Gasteiger partial charge is 0.493 e. The first kappa shape index (κ1) is 9.52. The minimum atomic E-state index is 0.603. The highest BCUT2D eigenvalue weighted by atomic mass is 16.5. The topological polar surface area (TPSA) is 48.1 Å². The molecule has 0 aliphatic heterocycles. The minimum Gasteiger partial charge on any atom is -0.493 e. The molecule has 1 aromatic carbocycles. The van der Waals surface area contributed by atoms with E-state index >= 15 is 0 Å². The summed E-state index contributed by atoms with van der Waals surface area (Å²) in [7, 11) is 1.58. The van der Waals surface area contributed by atoms with Gasteiger partial charge in [-0.05, 0) is 6.07 Å². The molecule has 0 radical (unpaired) electrons. The zero-order valence-electron chi connectivity index (χ0n) is 8.47. The van der Waals surface area contributed by atoms with Crippen molar-refractivity contribution in [1.29, 1.82) is 0 Å². The summed E-state index contributed by atoms with van der Waals surface area (Å²) in [5.74, 6) is 0.606. The molecule has 0 aliphatic rings. The van der Waals surface area contributed by atoms with Crippen LogP contribution >= 0.6 is 0 Å². The van der Waals surface area contributed by atoms with E-state index in [1.54, 1.807) is 13.3 Å². The summed E-state index contributed by atoms with van der Waals surface area (Å²) in [5, 5.41) is 0. The summed E-state index contributed by atoms with van der Waals surface area (Å²) in [6.45, 7) is 0. The second-order valence-electron chi connectivity index (χ2n) is 3.18. The molecule has 3 heteroatoms. The highest BCUT2D eigenvalue weighted by molar-refractivity contribution is 5.66. The van der Waals surface area contributed by atoms with Gasteiger partial charge in [0.05, 0.1) is 24.7 Å². The number of ether oxygens (including phenoxy) is 1. The van der Waals surface area contributed by atoms with E-state index in [2.05, 4.69) is 4.98 Å². The molecule has 3 nitrogen and oxygen atoms in total. The highest BCUT2D eigenvalue weighted by Crippen LogP contribution is 2.25. The number of rotatable bonds is 2. The first-order valence-corrected chi connectivity index (χ1v) is 4.66. The molecule has 15 heavy (non-hydrogen) atoms. The fourth-order valence-corrected chi connectivity index (χ4v) is 1.40. The number of methoxy groups -OCH3 is 1. The summed E-state index contributed by atoms with van der Waals surface area (Å²) in [6, 6.07) is 11.7. The fourth-order valence-electron chi connectivity index (χ4n) is 1.40. The van der Waals surface area contributed by atoms with Crippen LogP contribution in [-0.4, -0.2) is 12.1 Å². The van der Waals surface area contributed by atoms with Crippen LogP contribution in [0.2, 0.25) is 0 Å². The molecule has 1 heterocycles. The van der Waals surface area contributed by atoms with Crippen LogP contribution in [0.25, 0.3) is 11.3 Å². The van der Waals surface area contributed by atoms with Crippen LogP contribution in [0, 0.1) is 0 Å². The summed E-state index contributed by atoms with van der Waals surface area (Å²) in [4.78, 5) is 4.28. The number of nitrogen functional groups attached to an aromatic ring is 1. The second kappa shape index (κ2) is 4.00. The fraction of sp³-hybridized carbons (Fsp3) is 0.0833. The van der Waals surface area contributed by atoms with E-state index in [0.29, 0.717) is 11.4 Å². The van der Waals surface area contributed by atoms with Gasteiger partial charge in [0.15, 0.2) is 5.75 Å². The molecule has 0 atom stereocenters. The summed E-state index contributed by atoms with van der Waals surface area (Å²) < 4.78 is 5.05. The van der Waals surface area contributed by atoms with Crippen LogP contribution < -0.4 is 10.5 Å². The maximum Gasteiger partial charge on any atom is 0.160 e. The number of hydrogen-bond donors (Lipinski definition) is 1. The lowest BCUT2D eigenvalue weighted by molar-refractivity contribution is 0.415. The van der Waals surface area contributed by atoms with Crippen molar-refractivity contribution in [3.8, 4) is 17.0 Å². The van der Waals surface area contributed by atoms with Crippen LogP contribution in [0.15, 0.2) is 42.6 Å². The van der Waals surface area contributed by atoms with Crippen molar-refractivity contribution in [2.24, 2.45) is 0 Å². The Balaban J connectivity index is 2.43. The smallest absolute Gasteiger partial charge is 0.160 e. The van der Waals surface area contributed by atoms with E-state index in [1.807, 2.05) is 36.4 Å². The van der Waals surface area contributed by atoms with Gasteiger partial charge in [-0.25, -0.2) is 0 Å². The molecule has 0 saturated heterocycles. The molecule has 2 rings (SSSR count). The first-order valence-electron chi connectivity index (χ1n) is 4.66. The zero-order chi connectivity index (χ0) is 10.7. The average molecular weight is 200 g/mol. The number of anilines is 1. The van der Waals surface area contributed by atoms with Gasteiger partial charge in [-0.1, -0.05) is 30.3 Å². The molecule has 0 fully saturated rings. The van der Waals surface area contributed by atoms with Gasteiger partial charge in [-0.15, -0.1) is 0 Å². The van der Waals surface area contributed by atoms with E-state index in [4.69, 9.17) is 10.5 Å². The predicted molar refractivity (Wildman–Crippen MR) is 60.6 cm³/mol. The van der Waals surface area contributed by atoms with Crippen molar-refractivity contribution in [3.63, 3.8) is 0 Å². The van der Waals surface area contributed by atoms with Gasteiger partial charge in [-0.3, -0.25) is 4.98 Å². The number of hydrogen-bond acceptors (Lipinski definition) is 3. The third-order valence-electron chi connectivity index (χ3n) is 2.19. The van der Waals surface area contributed by atoms with E-state index < -0.39 is 0 Å². The lowest BCUT2D eigenvalue weighted by Gasteiger charge is -2.06. The van der Waals surface area contributed by atoms with Crippen molar-refractivity contribution in [1.82, 2.24) is 4.98 Å². The number of pyridine rings is 1. The molecule has 0 spiro atoms. The number of benzene rings is 1. The Morgan fingerprint density at radius 3 is 2.53 bits per heavy atom. The van der Waals surface area contributed by atoms with Crippen LogP contribution in [-0.2, 0) is 0 Å². The number of aromatic nitrogens is 1. The first-order chi connectivity index (χ1) is 7.31. The van der Waals surface area contributed by atoms with Crippen molar-refractivity contribution in [2.45, 2.75) is 0 Å². The lowest BCUT2D eigenvalue weighted by Crippen LogP contribution is -1.94. The molecule has 2 aromatic rings. The summed E-state index contributed by atoms with van der Waals surface area (Å²) in [6.07, 6.45) is 1.64. The molecule has 2 N–H and O–H groups in total. The molecule has 0 bridgehead atoms. The summed E-state index contributed by atoms with van der Waals surface area (Å²) in [5.41, 5.74) is 8.31. The molecule has 0 saturated carbocycles. The quantitative estimate of drug-likeness (QED) is 0.809. The third kappa shape index (κ3) is 1.91. The van der Waals surface area contributed by atoms with Gasteiger partial charge in [0, 0.05) is 5.56 Å². The molecule has 0 unspecified atom stereocenters. The lowest BCUT2D eigenvalue weighted by atomic mass is 10.1. The molecule has 0 amide bonds. The number of nitrogens with zero attached hydrogens (tertiary/aromatic N) is 1. The van der Waals surface area contributed by atoms with Crippen molar-refractivity contribution < 1.29 is 4.74 Å². The van der Waals surface area contributed by atoms with Crippen LogP contribution in [0.5, 0.6) is 5.75 Å². The van der Waals surface area contributed by atoms with E-state index in [9.17, 15) is 0 Å². The van der Waals surface area contributed by atoms with E-state index in [1.165, 1.54) is 0 Å². The van der Waals surface area contributed by atoms with Gasteiger partial charge in [0.1, 0.15) is 0 Å². The van der Waals surface area contributed by atoms with E-state index in [-0.39, 0.29) is 0 Å². The third-order valence-corrected chi connectivity index (χ3v) is 2.19. The van der Waals surface area contributed by atoms with Crippen LogP contribution in [0.4, 0.5) is 5.69 Å². The SMILES string of the molecule is COc1cnc(-c2ccccc2)cc1N. The molecule has 76 valence electrons. The predicted octanol–water partition coefficient (Wildman–Crippen LogP) is 2.34. The Morgan fingerprint density at radius 1 is 1.20 bits per heavy atom. The van der Waals surface area contributed by atoms with Gasteiger partial charge >= 0.3 is 0 Å². The van der Waals surface area contributed by atoms with Crippen molar-refractivity contribution in [3.05, 3.63) is 42.6 Å². The van der Waals surface area contributed by atoms with Gasteiger partial charge in [-0.2, -0.15) is 0 Å². The Bertz CT molecular complexity index is 454. The van der Waals surface area contributed by atoms with Gasteiger partial charge in [0.25, 0.3) is 0 Å². The van der Waals surface area contributed by atoms with Crippen LogP contribution in [0.1, 0.15) is 0 Å². The standard InChI is InChI=1S/C12H12N2O/c1-15-12-8-14-11(7-10(12)13)9-5-3-2-4-6-9/h2-8H,1H3,(H2,13,14). The second-order valence-corrected chi connectivity index (χ2v) is 3.18. The maximum absolute atomic E-state index is 5.80. The average Bonchev–Trinajstić information content (AvgIpc) is 2.30. The van der Waals surface area contributed by atoms with Gasteiger partial charge < -0.3 is 10.5 Å². The number of nitrogens with two attached hydrogens (primary N) is 1. The van der Waals surface area contributed by atoms with Crippen LogP contribution in [0.3, 0.4) is 0 Å². The van der Waals surface area contributed by atoms with Gasteiger partial charge in [0.2, 0.25) is 0 Å². The Labute approximate surface area is 88.5 Å².